The molecule has 0 saturated heterocycles. The zero-order valence-electron chi connectivity index (χ0n) is 6.90. The highest BCUT2D eigenvalue weighted by Gasteiger charge is 2.31. The molecule has 0 amide bonds. The molecule has 0 saturated carbocycles. The minimum absolute atomic E-state index is 0.660. The van der Waals surface area contributed by atoms with Crippen LogP contribution in [0.2, 0.25) is 0 Å². The van der Waals surface area contributed by atoms with Crippen molar-refractivity contribution in [2.24, 2.45) is 0 Å². The second-order valence-corrected chi connectivity index (χ2v) is 3.10. The van der Waals surface area contributed by atoms with Crippen molar-refractivity contribution in [2.45, 2.75) is 38.5 Å². The Morgan fingerprint density at radius 2 is 1.75 bits per heavy atom. The van der Waals surface area contributed by atoms with E-state index in [1.807, 2.05) is 0 Å². The number of halogens is 3. The fourth-order valence-electron chi connectivity index (χ4n) is 0.561. The third-order valence-electron chi connectivity index (χ3n) is 1.32. The summed E-state index contributed by atoms with van der Waals surface area (Å²) in [5.74, 6) is -0.792. The number of aliphatic hydroxyl groups is 1. The van der Waals surface area contributed by atoms with Crippen LogP contribution in [0.15, 0.2) is 0 Å². The number of hydrogen-bond donors (Lipinski definition) is 1. The lowest BCUT2D eigenvalue weighted by atomic mass is 10.00. The zero-order chi connectivity index (χ0) is 9.99. The maximum absolute atomic E-state index is 11.6. The van der Waals surface area contributed by atoms with Gasteiger partial charge in [0, 0.05) is 6.42 Å². The molecule has 0 aliphatic heterocycles. The van der Waals surface area contributed by atoms with Gasteiger partial charge in [-0.05, 0) is 13.8 Å². The van der Waals surface area contributed by atoms with Crippen LogP contribution >= 0.6 is 0 Å². The molecule has 0 aliphatic carbocycles. The molecule has 0 radical (unpaired) electrons. The quantitative estimate of drug-likeness (QED) is 0.724. The highest BCUT2D eigenvalue weighted by atomic mass is 19.4. The molecule has 1 N–H and O–H groups in total. The van der Waals surface area contributed by atoms with E-state index in [1.54, 1.807) is 0 Å². The molecular weight excluding hydrogens is 173 g/mol. The summed E-state index contributed by atoms with van der Waals surface area (Å²) in [6.07, 6.45) is -6.16. The van der Waals surface area contributed by atoms with Gasteiger partial charge in [-0.2, -0.15) is 13.2 Å². The van der Waals surface area contributed by atoms with Crippen LogP contribution < -0.4 is 0 Å². The van der Waals surface area contributed by atoms with Crippen molar-refractivity contribution in [3.8, 4) is 0 Å². The number of carbonyl (C=O) groups excluding carboxylic acids is 1. The Morgan fingerprint density at radius 1 is 1.33 bits per heavy atom. The lowest BCUT2D eigenvalue weighted by Crippen LogP contribution is -2.31. The molecule has 12 heavy (non-hydrogen) atoms. The number of rotatable bonds is 3. The molecule has 0 aromatic carbocycles. The van der Waals surface area contributed by atoms with E-state index < -0.39 is 30.4 Å². The third kappa shape index (κ3) is 5.12. The molecular formula is C7H11F3O2. The van der Waals surface area contributed by atoms with Crippen LogP contribution in [0.3, 0.4) is 0 Å². The predicted molar refractivity (Wildman–Crippen MR) is 36.6 cm³/mol. The van der Waals surface area contributed by atoms with Crippen LogP contribution in [0.1, 0.15) is 26.7 Å². The van der Waals surface area contributed by atoms with Gasteiger partial charge in [0.25, 0.3) is 0 Å². The number of hydrogen-bond acceptors (Lipinski definition) is 2. The van der Waals surface area contributed by atoms with Gasteiger partial charge in [0.2, 0.25) is 0 Å². The van der Waals surface area contributed by atoms with E-state index in [0.717, 1.165) is 0 Å². The molecule has 72 valence electrons. The minimum Gasteiger partial charge on any atom is -0.383 e. The average molecular weight is 184 g/mol. The minimum atomic E-state index is -4.33. The summed E-state index contributed by atoms with van der Waals surface area (Å²) in [4.78, 5) is 10.8. The van der Waals surface area contributed by atoms with E-state index >= 15 is 0 Å². The molecule has 5 heteroatoms. The van der Waals surface area contributed by atoms with Gasteiger partial charge in [0.05, 0.1) is 6.42 Å². The number of Topliss-reactive ketones (excluding diaryl/α,β-unsaturated/α-hetero) is 1. The Balaban J connectivity index is 3.90. The molecule has 0 aliphatic rings. The van der Waals surface area contributed by atoms with Crippen molar-refractivity contribution in [2.75, 3.05) is 0 Å². The van der Waals surface area contributed by atoms with Crippen LogP contribution in [-0.4, -0.2) is 22.7 Å². The summed E-state index contributed by atoms with van der Waals surface area (Å²) in [7, 11) is 0. The normalized spacial score (nSPS) is 13.2. The second-order valence-electron chi connectivity index (χ2n) is 3.10. The Kier molecular flexibility index (Phi) is 3.26. The summed E-state index contributed by atoms with van der Waals surface area (Å²) < 4.78 is 34.7. The first kappa shape index (κ1) is 11.4. The van der Waals surface area contributed by atoms with Gasteiger partial charge >= 0.3 is 6.18 Å². The van der Waals surface area contributed by atoms with Crippen LogP contribution in [0, 0.1) is 0 Å². The average Bonchev–Trinajstić information content (AvgIpc) is 1.78. The van der Waals surface area contributed by atoms with Gasteiger partial charge in [-0.1, -0.05) is 0 Å². The largest absolute Gasteiger partial charge is 0.389 e. The number of carbonyl (C=O) groups is 1. The fourth-order valence-corrected chi connectivity index (χ4v) is 0.561. The molecule has 0 unspecified atom stereocenters. The predicted octanol–water partition coefficient (Wildman–Crippen LogP) is 1.67. The van der Waals surface area contributed by atoms with Gasteiger partial charge in [0.1, 0.15) is 5.60 Å². The first-order valence-electron chi connectivity index (χ1n) is 3.45. The van der Waals surface area contributed by atoms with Crippen molar-refractivity contribution >= 4 is 5.78 Å². The van der Waals surface area contributed by atoms with Gasteiger partial charge in [-0.15, -0.1) is 0 Å². The van der Waals surface area contributed by atoms with Crippen LogP contribution in [0.5, 0.6) is 0 Å². The highest BCUT2D eigenvalue weighted by molar-refractivity contribution is 5.86. The molecule has 0 rings (SSSR count). The second kappa shape index (κ2) is 3.43. The summed E-state index contributed by atoms with van der Waals surface area (Å²) in [6, 6.07) is 0. The van der Waals surface area contributed by atoms with Crippen molar-refractivity contribution in [1.29, 1.82) is 0 Å². The Labute approximate surface area is 68.4 Å². The Bertz CT molecular complexity index is 166. The molecule has 0 fully saturated rings. The standard InChI is InChI=1S/C7H11F3O2/c1-6(2,12)5(11)3-4-7(8,9)10/h12H,3-4H2,1-2H3. The van der Waals surface area contributed by atoms with E-state index in [9.17, 15) is 18.0 Å². The van der Waals surface area contributed by atoms with E-state index in [-0.39, 0.29) is 0 Å². The van der Waals surface area contributed by atoms with Gasteiger partial charge < -0.3 is 5.11 Å². The lowest BCUT2D eigenvalue weighted by molar-refractivity contribution is -0.150. The lowest BCUT2D eigenvalue weighted by Gasteiger charge is -2.15. The first-order chi connectivity index (χ1) is 5.13. The third-order valence-corrected chi connectivity index (χ3v) is 1.32. The smallest absolute Gasteiger partial charge is 0.383 e. The van der Waals surface area contributed by atoms with Crippen molar-refractivity contribution in [3.05, 3.63) is 0 Å². The molecule has 0 aromatic rings. The van der Waals surface area contributed by atoms with Crippen molar-refractivity contribution in [3.63, 3.8) is 0 Å². The summed E-state index contributed by atoms with van der Waals surface area (Å²) in [5.41, 5.74) is -1.66. The summed E-state index contributed by atoms with van der Waals surface area (Å²) in [6.45, 7) is 2.34. The van der Waals surface area contributed by atoms with Gasteiger partial charge in [0.15, 0.2) is 5.78 Å². The Morgan fingerprint density at radius 3 is 2.00 bits per heavy atom. The molecule has 0 aromatic heterocycles. The molecule has 0 bridgehead atoms. The molecule has 0 spiro atoms. The van der Waals surface area contributed by atoms with Gasteiger partial charge in [-0.3, -0.25) is 4.79 Å². The maximum atomic E-state index is 11.6. The van der Waals surface area contributed by atoms with E-state index in [4.69, 9.17) is 5.11 Å². The van der Waals surface area contributed by atoms with Crippen LogP contribution in [0.25, 0.3) is 0 Å². The first-order valence-corrected chi connectivity index (χ1v) is 3.45. The summed E-state index contributed by atoms with van der Waals surface area (Å²) in [5, 5.41) is 8.97. The maximum Gasteiger partial charge on any atom is 0.389 e. The fraction of sp³-hybridized carbons (Fsp3) is 0.857. The Hall–Kier alpha value is -0.580. The van der Waals surface area contributed by atoms with Crippen LogP contribution in [-0.2, 0) is 4.79 Å². The SMILES string of the molecule is CC(C)(O)C(=O)CCC(F)(F)F. The van der Waals surface area contributed by atoms with E-state index in [0.29, 0.717) is 0 Å². The zero-order valence-corrected chi connectivity index (χ0v) is 6.90. The van der Waals surface area contributed by atoms with Crippen molar-refractivity contribution in [1.82, 2.24) is 0 Å². The number of alkyl halides is 3. The molecule has 0 heterocycles. The topological polar surface area (TPSA) is 37.3 Å². The highest BCUT2D eigenvalue weighted by Crippen LogP contribution is 2.22. The molecule has 2 nitrogen and oxygen atoms in total. The van der Waals surface area contributed by atoms with Crippen LogP contribution in [0.4, 0.5) is 13.2 Å². The van der Waals surface area contributed by atoms with Gasteiger partial charge in [-0.25, -0.2) is 0 Å². The summed E-state index contributed by atoms with van der Waals surface area (Å²) >= 11 is 0. The van der Waals surface area contributed by atoms with E-state index in [1.165, 1.54) is 13.8 Å². The molecule has 0 atom stereocenters. The monoisotopic (exact) mass is 184 g/mol. The number of ketones is 1. The van der Waals surface area contributed by atoms with Crippen molar-refractivity contribution < 1.29 is 23.1 Å². The van der Waals surface area contributed by atoms with E-state index in [2.05, 4.69) is 0 Å².